The number of allylic oxidation sites excluding steroid dienone is 2. The molecule has 0 amide bonds. The highest BCUT2D eigenvalue weighted by molar-refractivity contribution is 5.66. The zero-order valence-corrected chi connectivity index (χ0v) is 12.5. The summed E-state index contributed by atoms with van der Waals surface area (Å²) in [6.45, 7) is 3.16. The number of rotatable bonds is 3. The maximum absolute atomic E-state index is 11.2. The van der Waals surface area contributed by atoms with Crippen LogP contribution in [-0.2, 0) is 9.53 Å². The van der Waals surface area contributed by atoms with E-state index in [4.69, 9.17) is 15.3 Å². The standard InChI is InChI=1S/C17H18N2O3/c1-14(20)21-16(22-15-8-4-3-5-9-15)10-12-17(2)11-6-7-13-19(17)18/h3-9,11,13,16H,18H2,1-2H3. The highest BCUT2D eigenvalue weighted by Crippen LogP contribution is 2.17. The molecule has 1 aromatic carbocycles. The fourth-order valence-electron chi connectivity index (χ4n) is 1.79. The fourth-order valence-corrected chi connectivity index (χ4v) is 1.79. The molecule has 114 valence electrons. The van der Waals surface area contributed by atoms with Gasteiger partial charge in [0.05, 0.1) is 0 Å². The molecule has 0 saturated carbocycles. The lowest BCUT2D eigenvalue weighted by Crippen LogP contribution is -2.46. The Labute approximate surface area is 130 Å². The van der Waals surface area contributed by atoms with E-state index in [9.17, 15) is 4.79 Å². The summed E-state index contributed by atoms with van der Waals surface area (Å²) < 4.78 is 10.7. The third-order valence-corrected chi connectivity index (χ3v) is 3.02. The number of hydrogen-bond acceptors (Lipinski definition) is 5. The number of carbonyl (C=O) groups excluding carboxylic acids is 1. The molecule has 0 aliphatic carbocycles. The summed E-state index contributed by atoms with van der Waals surface area (Å²) in [5, 5.41) is 1.48. The van der Waals surface area contributed by atoms with Gasteiger partial charge in [-0.3, -0.25) is 9.80 Å². The van der Waals surface area contributed by atoms with Crippen LogP contribution in [0, 0.1) is 11.8 Å². The summed E-state index contributed by atoms with van der Waals surface area (Å²) in [5.74, 6) is 11.8. The van der Waals surface area contributed by atoms with E-state index in [1.54, 1.807) is 18.3 Å². The minimum absolute atomic E-state index is 0.468. The molecular formula is C17H18N2O3. The number of esters is 1. The molecule has 0 saturated heterocycles. The van der Waals surface area contributed by atoms with Crippen molar-refractivity contribution >= 4 is 5.97 Å². The first-order chi connectivity index (χ1) is 10.5. The molecule has 2 rings (SSSR count). The molecule has 1 aromatic rings. The van der Waals surface area contributed by atoms with Gasteiger partial charge in [-0.25, -0.2) is 5.84 Å². The number of para-hydroxylation sites is 1. The van der Waals surface area contributed by atoms with Gasteiger partial charge in [-0.05, 0) is 37.1 Å². The molecule has 2 N–H and O–H groups in total. The van der Waals surface area contributed by atoms with Crippen LogP contribution in [-0.4, -0.2) is 22.8 Å². The topological polar surface area (TPSA) is 64.8 Å². The summed E-state index contributed by atoms with van der Waals surface area (Å²) in [6, 6.07) is 9.04. The Bertz CT molecular complexity index is 643. The van der Waals surface area contributed by atoms with Gasteiger partial charge in [-0.15, -0.1) is 0 Å². The average Bonchev–Trinajstić information content (AvgIpc) is 2.49. The molecule has 22 heavy (non-hydrogen) atoms. The average molecular weight is 298 g/mol. The highest BCUT2D eigenvalue weighted by atomic mass is 16.7. The summed E-state index contributed by atoms with van der Waals surface area (Å²) in [7, 11) is 0. The third-order valence-electron chi connectivity index (χ3n) is 3.02. The molecule has 2 unspecified atom stereocenters. The number of nitrogens with two attached hydrogens (primary N) is 1. The first-order valence-electron chi connectivity index (χ1n) is 6.81. The van der Waals surface area contributed by atoms with E-state index in [-0.39, 0.29) is 0 Å². The van der Waals surface area contributed by atoms with Gasteiger partial charge in [0, 0.05) is 13.1 Å². The van der Waals surface area contributed by atoms with Crippen LogP contribution in [0.15, 0.2) is 54.8 Å². The number of hydrazine groups is 1. The van der Waals surface area contributed by atoms with Crippen molar-refractivity contribution in [3.8, 4) is 17.6 Å². The maximum atomic E-state index is 11.2. The van der Waals surface area contributed by atoms with Crippen molar-refractivity contribution in [1.29, 1.82) is 0 Å². The van der Waals surface area contributed by atoms with Crippen molar-refractivity contribution in [1.82, 2.24) is 5.01 Å². The monoisotopic (exact) mass is 298 g/mol. The van der Waals surface area contributed by atoms with Gasteiger partial charge in [0.1, 0.15) is 11.3 Å². The van der Waals surface area contributed by atoms with Gasteiger partial charge < -0.3 is 9.47 Å². The van der Waals surface area contributed by atoms with Crippen molar-refractivity contribution in [3.63, 3.8) is 0 Å². The largest absolute Gasteiger partial charge is 0.444 e. The van der Waals surface area contributed by atoms with Crippen LogP contribution in [0.25, 0.3) is 0 Å². The SMILES string of the molecule is CC(=O)OC(C#CC1(C)C=CC=CN1N)Oc1ccccc1. The third kappa shape index (κ3) is 4.14. The molecule has 5 heteroatoms. The molecule has 0 spiro atoms. The zero-order chi connectivity index (χ0) is 16.0. The Morgan fingerprint density at radius 2 is 2.05 bits per heavy atom. The minimum Gasteiger partial charge on any atom is -0.444 e. The Balaban J connectivity index is 2.17. The lowest BCUT2D eigenvalue weighted by molar-refractivity contribution is -0.154. The van der Waals surface area contributed by atoms with Crippen LogP contribution in [0.5, 0.6) is 5.75 Å². The predicted molar refractivity (Wildman–Crippen MR) is 83.1 cm³/mol. The molecule has 2 atom stereocenters. The van der Waals surface area contributed by atoms with Gasteiger partial charge >= 0.3 is 12.3 Å². The Kier molecular flexibility index (Phi) is 4.87. The normalized spacial score (nSPS) is 20.8. The van der Waals surface area contributed by atoms with Crippen molar-refractivity contribution in [2.24, 2.45) is 5.84 Å². The molecule has 1 aliphatic rings. The second kappa shape index (κ2) is 6.83. The lowest BCUT2D eigenvalue weighted by Gasteiger charge is -2.31. The van der Waals surface area contributed by atoms with E-state index in [0.29, 0.717) is 5.75 Å². The second-order valence-corrected chi connectivity index (χ2v) is 4.90. The first kappa shape index (κ1) is 15.7. The van der Waals surface area contributed by atoms with Crippen LogP contribution in [0.2, 0.25) is 0 Å². The van der Waals surface area contributed by atoms with Gasteiger partial charge in [0.15, 0.2) is 0 Å². The fraction of sp³-hybridized carbons (Fsp3) is 0.235. The number of benzene rings is 1. The number of carbonyl (C=O) groups is 1. The van der Waals surface area contributed by atoms with Crippen molar-refractivity contribution in [2.75, 3.05) is 0 Å². The number of ether oxygens (including phenoxy) is 2. The zero-order valence-electron chi connectivity index (χ0n) is 12.5. The van der Waals surface area contributed by atoms with Gasteiger partial charge in [0.2, 0.25) is 0 Å². The highest BCUT2D eigenvalue weighted by Gasteiger charge is 2.24. The van der Waals surface area contributed by atoms with Crippen LogP contribution < -0.4 is 10.6 Å². The molecule has 5 nitrogen and oxygen atoms in total. The molecule has 0 aromatic heterocycles. The Hall–Kier alpha value is -2.71. The summed E-state index contributed by atoms with van der Waals surface area (Å²) >= 11 is 0. The molecule has 0 bridgehead atoms. The maximum Gasteiger partial charge on any atom is 0.308 e. The van der Waals surface area contributed by atoms with Gasteiger partial charge in [-0.2, -0.15) is 0 Å². The predicted octanol–water partition coefficient (Wildman–Crippen LogP) is 1.98. The lowest BCUT2D eigenvalue weighted by atomic mass is 10.00. The van der Waals surface area contributed by atoms with Crippen LogP contribution in [0.4, 0.5) is 0 Å². The molecule has 1 aliphatic heterocycles. The molecular weight excluding hydrogens is 280 g/mol. The van der Waals surface area contributed by atoms with Crippen LogP contribution in [0.1, 0.15) is 13.8 Å². The van der Waals surface area contributed by atoms with Crippen molar-refractivity contribution in [2.45, 2.75) is 25.7 Å². The smallest absolute Gasteiger partial charge is 0.308 e. The van der Waals surface area contributed by atoms with E-state index in [1.807, 2.05) is 43.4 Å². The summed E-state index contributed by atoms with van der Waals surface area (Å²) in [6.07, 6.45) is 6.25. The van der Waals surface area contributed by atoms with Gasteiger partial charge in [0.25, 0.3) is 0 Å². The minimum atomic E-state index is -0.996. The Morgan fingerprint density at radius 3 is 2.68 bits per heavy atom. The summed E-state index contributed by atoms with van der Waals surface area (Å²) in [4.78, 5) is 11.2. The molecule has 0 radical (unpaired) electrons. The van der Waals surface area contributed by atoms with Crippen molar-refractivity contribution in [3.05, 3.63) is 54.8 Å². The van der Waals surface area contributed by atoms with E-state index >= 15 is 0 Å². The van der Waals surface area contributed by atoms with E-state index in [0.717, 1.165) is 0 Å². The number of hydrogen-bond donors (Lipinski definition) is 1. The van der Waals surface area contributed by atoms with E-state index < -0.39 is 17.8 Å². The molecule has 1 heterocycles. The second-order valence-electron chi connectivity index (χ2n) is 4.90. The van der Waals surface area contributed by atoms with Gasteiger partial charge in [-0.1, -0.05) is 30.2 Å². The summed E-state index contributed by atoms with van der Waals surface area (Å²) in [5.41, 5.74) is -0.687. The van der Waals surface area contributed by atoms with E-state index in [2.05, 4.69) is 11.8 Å². The Morgan fingerprint density at radius 1 is 1.32 bits per heavy atom. The number of nitrogens with zero attached hydrogens (tertiary/aromatic N) is 1. The van der Waals surface area contributed by atoms with Crippen molar-refractivity contribution < 1.29 is 14.3 Å². The first-order valence-corrected chi connectivity index (χ1v) is 6.81. The van der Waals surface area contributed by atoms with Crippen LogP contribution >= 0.6 is 0 Å². The van der Waals surface area contributed by atoms with E-state index in [1.165, 1.54) is 11.9 Å². The quantitative estimate of drug-likeness (QED) is 0.400. The molecule has 0 fully saturated rings. The van der Waals surface area contributed by atoms with Crippen LogP contribution in [0.3, 0.4) is 0 Å².